The molecule has 0 aromatic heterocycles. The minimum atomic E-state index is -0.928. The Labute approximate surface area is 108 Å². The quantitative estimate of drug-likeness (QED) is 0.861. The van der Waals surface area contributed by atoms with E-state index in [9.17, 15) is 8.78 Å². The maximum atomic E-state index is 13.4. The summed E-state index contributed by atoms with van der Waals surface area (Å²) in [6.45, 7) is -0.141. The number of nitrogens with two attached hydrogens (primary N) is 1. The van der Waals surface area contributed by atoms with Gasteiger partial charge in [-0.25, -0.2) is 8.78 Å². The van der Waals surface area contributed by atoms with Gasteiger partial charge in [-0.3, -0.25) is 0 Å². The molecule has 2 nitrogen and oxygen atoms in total. The van der Waals surface area contributed by atoms with Crippen LogP contribution in [0.4, 0.5) is 14.5 Å². The van der Waals surface area contributed by atoms with Crippen molar-refractivity contribution in [2.24, 2.45) is 0 Å². The van der Waals surface area contributed by atoms with E-state index in [-0.39, 0.29) is 17.9 Å². The number of nitrogen functional groups attached to an aromatic ring is 1. The molecule has 0 aliphatic rings. The minimum Gasteiger partial charge on any atom is -0.485 e. The Morgan fingerprint density at radius 2 is 1.83 bits per heavy atom. The highest BCUT2D eigenvalue weighted by Gasteiger charge is 2.10. The van der Waals surface area contributed by atoms with Gasteiger partial charge in [-0.15, -0.1) is 0 Å². The molecule has 2 aromatic rings. The van der Waals surface area contributed by atoms with Crippen LogP contribution in [0.1, 0.15) is 5.56 Å². The number of para-hydroxylation sites is 1. The SMILES string of the molecule is Nc1cccc(Cl)c1OCc1cccc(F)c1F. The van der Waals surface area contributed by atoms with Gasteiger partial charge in [0.15, 0.2) is 17.4 Å². The molecule has 2 rings (SSSR count). The van der Waals surface area contributed by atoms with Crippen molar-refractivity contribution >= 4 is 17.3 Å². The van der Waals surface area contributed by atoms with Crippen molar-refractivity contribution in [3.8, 4) is 5.75 Å². The van der Waals surface area contributed by atoms with E-state index < -0.39 is 11.6 Å². The van der Waals surface area contributed by atoms with Gasteiger partial charge in [-0.1, -0.05) is 29.8 Å². The molecule has 0 unspecified atom stereocenters. The van der Waals surface area contributed by atoms with Crippen molar-refractivity contribution in [3.63, 3.8) is 0 Å². The van der Waals surface area contributed by atoms with Gasteiger partial charge < -0.3 is 10.5 Å². The van der Waals surface area contributed by atoms with E-state index >= 15 is 0 Å². The summed E-state index contributed by atoms with van der Waals surface area (Å²) in [7, 11) is 0. The fourth-order valence-corrected chi connectivity index (χ4v) is 1.72. The maximum absolute atomic E-state index is 13.4. The molecular formula is C13H10ClF2NO. The zero-order chi connectivity index (χ0) is 13.1. The number of ether oxygens (including phenoxy) is 1. The van der Waals surface area contributed by atoms with Crippen molar-refractivity contribution < 1.29 is 13.5 Å². The summed E-state index contributed by atoms with van der Waals surface area (Å²) in [5.74, 6) is -1.57. The van der Waals surface area contributed by atoms with E-state index in [0.717, 1.165) is 6.07 Å². The van der Waals surface area contributed by atoms with Crippen LogP contribution in [-0.4, -0.2) is 0 Å². The molecule has 0 fully saturated rings. The molecule has 0 saturated carbocycles. The number of benzene rings is 2. The molecule has 0 spiro atoms. The lowest BCUT2D eigenvalue weighted by Crippen LogP contribution is -2.02. The van der Waals surface area contributed by atoms with Crippen molar-refractivity contribution in [2.45, 2.75) is 6.61 Å². The molecule has 0 saturated heterocycles. The fourth-order valence-electron chi connectivity index (χ4n) is 1.49. The first-order valence-electron chi connectivity index (χ1n) is 5.19. The predicted molar refractivity (Wildman–Crippen MR) is 66.6 cm³/mol. The Kier molecular flexibility index (Phi) is 3.67. The van der Waals surface area contributed by atoms with Crippen LogP contribution in [0.5, 0.6) is 5.75 Å². The summed E-state index contributed by atoms with van der Waals surface area (Å²) in [5, 5.41) is 0.326. The van der Waals surface area contributed by atoms with Gasteiger partial charge >= 0.3 is 0 Å². The second-order valence-corrected chi connectivity index (χ2v) is 4.07. The average molecular weight is 270 g/mol. The summed E-state index contributed by atoms with van der Waals surface area (Å²) in [4.78, 5) is 0. The van der Waals surface area contributed by atoms with Gasteiger partial charge in [-0.05, 0) is 18.2 Å². The minimum absolute atomic E-state index is 0.106. The van der Waals surface area contributed by atoms with Gasteiger partial charge in [0.2, 0.25) is 0 Å². The molecule has 94 valence electrons. The highest BCUT2D eigenvalue weighted by atomic mass is 35.5. The number of rotatable bonds is 3. The third-order valence-corrected chi connectivity index (χ3v) is 2.70. The Bertz CT molecular complexity index is 555. The second kappa shape index (κ2) is 5.23. The van der Waals surface area contributed by atoms with E-state index in [1.165, 1.54) is 12.1 Å². The highest BCUT2D eigenvalue weighted by Crippen LogP contribution is 2.31. The summed E-state index contributed by atoms with van der Waals surface area (Å²) >= 11 is 5.89. The molecule has 2 aromatic carbocycles. The molecule has 0 radical (unpaired) electrons. The van der Waals surface area contributed by atoms with Crippen LogP contribution in [0, 0.1) is 11.6 Å². The Morgan fingerprint density at radius 3 is 2.56 bits per heavy atom. The number of hydrogen-bond acceptors (Lipinski definition) is 2. The topological polar surface area (TPSA) is 35.2 Å². The van der Waals surface area contributed by atoms with Gasteiger partial charge in [0.25, 0.3) is 0 Å². The van der Waals surface area contributed by atoms with E-state index in [1.807, 2.05) is 0 Å². The van der Waals surface area contributed by atoms with Gasteiger partial charge in [0, 0.05) is 5.56 Å². The zero-order valence-electron chi connectivity index (χ0n) is 9.29. The Balaban J connectivity index is 2.19. The Hall–Kier alpha value is -1.81. The van der Waals surface area contributed by atoms with Gasteiger partial charge in [0.05, 0.1) is 10.7 Å². The van der Waals surface area contributed by atoms with Crippen LogP contribution in [0.3, 0.4) is 0 Å². The third kappa shape index (κ3) is 2.54. The maximum Gasteiger partial charge on any atom is 0.165 e. The molecule has 0 aliphatic carbocycles. The molecule has 0 heterocycles. The molecule has 5 heteroatoms. The summed E-state index contributed by atoms with van der Waals surface area (Å²) in [5.41, 5.74) is 6.13. The first-order valence-corrected chi connectivity index (χ1v) is 5.57. The molecule has 0 atom stereocenters. The summed E-state index contributed by atoms with van der Waals surface area (Å²) < 4.78 is 31.7. The zero-order valence-corrected chi connectivity index (χ0v) is 10.0. The van der Waals surface area contributed by atoms with Crippen molar-refractivity contribution in [3.05, 3.63) is 58.6 Å². The molecule has 2 N–H and O–H groups in total. The number of anilines is 1. The number of hydrogen-bond donors (Lipinski definition) is 1. The first kappa shape index (κ1) is 12.6. The lowest BCUT2D eigenvalue weighted by atomic mass is 10.2. The van der Waals surface area contributed by atoms with Crippen LogP contribution < -0.4 is 10.5 Å². The summed E-state index contributed by atoms with van der Waals surface area (Å²) in [6, 6.07) is 8.78. The highest BCUT2D eigenvalue weighted by molar-refractivity contribution is 6.32. The largest absolute Gasteiger partial charge is 0.485 e. The molecule has 0 amide bonds. The molecule has 0 aliphatic heterocycles. The van der Waals surface area contributed by atoms with Gasteiger partial charge in [0.1, 0.15) is 6.61 Å². The van der Waals surface area contributed by atoms with Crippen LogP contribution in [0.15, 0.2) is 36.4 Å². The first-order chi connectivity index (χ1) is 8.59. The van der Waals surface area contributed by atoms with E-state index in [4.69, 9.17) is 22.1 Å². The molecule has 18 heavy (non-hydrogen) atoms. The fraction of sp³-hybridized carbons (Fsp3) is 0.0769. The van der Waals surface area contributed by atoms with Gasteiger partial charge in [-0.2, -0.15) is 0 Å². The van der Waals surface area contributed by atoms with Crippen LogP contribution >= 0.6 is 11.6 Å². The van der Waals surface area contributed by atoms with Crippen molar-refractivity contribution in [2.75, 3.05) is 5.73 Å². The third-order valence-electron chi connectivity index (χ3n) is 2.40. The van der Waals surface area contributed by atoms with Crippen molar-refractivity contribution in [1.82, 2.24) is 0 Å². The van der Waals surface area contributed by atoms with Crippen LogP contribution in [0.2, 0.25) is 5.02 Å². The smallest absolute Gasteiger partial charge is 0.165 e. The predicted octanol–water partition coefficient (Wildman–Crippen LogP) is 3.78. The standard InChI is InChI=1S/C13H10ClF2NO/c14-9-4-2-6-11(17)13(9)18-7-8-3-1-5-10(15)12(8)16/h1-6H,7,17H2. The molecular weight excluding hydrogens is 260 g/mol. The average Bonchev–Trinajstić information content (AvgIpc) is 2.33. The Morgan fingerprint density at radius 1 is 1.11 bits per heavy atom. The molecule has 0 bridgehead atoms. The van der Waals surface area contributed by atoms with Crippen molar-refractivity contribution in [1.29, 1.82) is 0 Å². The normalized spacial score (nSPS) is 10.4. The lowest BCUT2D eigenvalue weighted by Gasteiger charge is -2.11. The van der Waals surface area contributed by atoms with Crippen LogP contribution in [0.25, 0.3) is 0 Å². The van der Waals surface area contributed by atoms with E-state index in [2.05, 4.69) is 0 Å². The van der Waals surface area contributed by atoms with Crippen LogP contribution in [-0.2, 0) is 6.61 Å². The van der Waals surface area contributed by atoms with E-state index in [1.54, 1.807) is 18.2 Å². The van der Waals surface area contributed by atoms with E-state index in [0.29, 0.717) is 10.7 Å². The number of halogens is 3. The monoisotopic (exact) mass is 269 g/mol. The lowest BCUT2D eigenvalue weighted by molar-refractivity contribution is 0.299. The summed E-state index contributed by atoms with van der Waals surface area (Å²) in [6.07, 6.45) is 0. The second-order valence-electron chi connectivity index (χ2n) is 3.66.